The van der Waals surface area contributed by atoms with Crippen molar-refractivity contribution in [2.24, 2.45) is 0 Å². The quantitative estimate of drug-likeness (QED) is 0.890. The molecule has 2 rings (SSSR count). The summed E-state index contributed by atoms with van der Waals surface area (Å²) in [6, 6.07) is -0.0429. The summed E-state index contributed by atoms with van der Waals surface area (Å²) in [6.45, 7) is 9.52. The normalized spacial score (nSPS) is 22.8. The van der Waals surface area contributed by atoms with Crippen molar-refractivity contribution < 1.29 is 4.79 Å². The van der Waals surface area contributed by atoms with E-state index in [4.69, 9.17) is 0 Å². The highest BCUT2D eigenvalue weighted by molar-refractivity contribution is 5.82. The number of hydrogen-bond donors (Lipinski definition) is 1. The average molecular weight is 278 g/mol. The molecule has 5 heteroatoms. The molecule has 0 saturated carbocycles. The van der Waals surface area contributed by atoms with Crippen LogP contribution in [0.3, 0.4) is 0 Å². The van der Waals surface area contributed by atoms with Gasteiger partial charge in [-0.1, -0.05) is 0 Å². The Morgan fingerprint density at radius 3 is 2.80 bits per heavy atom. The third-order valence-corrected chi connectivity index (χ3v) is 4.23. The van der Waals surface area contributed by atoms with Gasteiger partial charge in [0.15, 0.2) is 0 Å². The lowest BCUT2D eigenvalue weighted by Crippen LogP contribution is -2.49. The summed E-state index contributed by atoms with van der Waals surface area (Å²) < 4.78 is 1.96. The molecule has 0 aliphatic carbocycles. The number of carbonyl (C=O) groups excluding carboxylic acids is 1. The van der Waals surface area contributed by atoms with Crippen molar-refractivity contribution >= 4 is 5.91 Å². The Morgan fingerprint density at radius 1 is 1.45 bits per heavy atom. The maximum absolute atomic E-state index is 12.4. The van der Waals surface area contributed by atoms with Crippen LogP contribution in [0.1, 0.15) is 45.1 Å². The molecule has 1 aromatic heterocycles. The largest absolute Gasteiger partial charge is 0.342 e. The lowest BCUT2D eigenvalue weighted by molar-refractivity contribution is -0.133. The second-order valence-corrected chi connectivity index (χ2v) is 5.37. The highest BCUT2D eigenvalue weighted by atomic mass is 16.2. The molecule has 0 aromatic carbocycles. The van der Waals surface area contributed by atoms with Crippen molar-refractivity contribution in [1.29, 1.82) is 0 Å². The molecule has 1 aliphatic heterocycles. The maximum atomic E-state index is 12.4. The number of aromatic nitrogens is 2. The molecule has 1 saturated heterocycles. The topological polar surface area (TPSA) is 50.2 Å². The maximum Gasteiger partial charge on any atom is 0.239 e. The summed E-state index contributed by atoms with van der Waals surface area (Å²) in [5.74, 6) is 0.684. The first-order valence-electron chi connectivity index (χ1n) is 7.74. The number of rotatable bonds is 5. The monoisotopic (exact) mass is 278 g/mol. The molecule has 1 amide bonds. The van der Waals surface area contributed by atoms with Gasteiger partial charge < -0.3 is 10.2 Å². The molecule has 0 bridgehead atoms. The first-order valence-corrected chi connectivity index (χ1v) is 7.74. The van der Waals surface area contributed by atoms with Crippen LogP contribution in [0.4, 0.5) is 0 Å². The van der Waals surface area contributed by atoms with E-state index in [2.05, 4.69) is 23.5 Å². The van der Waals surface area contributed by atoms with Crippen LogP contribution in [0.15, 0.2) is 12.4 Å². The van der Waals surface area contributed by atoms with Gasteiger partial charge in [0, 0.05) is 25.8 Å². The van der Waals surface area contributed by atoms with Crippen LogP contribution in [-0.2, 0) is 11.3 Å². The van der Waals surface area contributed by atoms with Gasteiger partial charge in [-0.3, -0.25) is 9.48 Å². The van der Waals surface area contributed by atoms with Crippen molar-refractivity contribution in [2.45, 2.75) is 52.1 Å². The van der Waals surface area contributed by atoms with Crippen molar-refractivity contribution in [3.8, 4) is 0 Å². The number of aryl methyl sites for hydroxylation is 1. The molecule has 2 heterocycles. The minimum absolute atomic E-state index is 0.0429. The predicted molar refractivity (Wildman–Crippen MR) is 79.6 cm³/mol. The standard InChI is InChI=1S/C15H26N4O/c1-4-18(5-2)15(20)14-9-12(7-8-16-14)13-10-17-19(6-3)11-13/h10-12,14,16H,4-9H2,1-3H3. The van der Waals surface area contributed by atoms with Gasteiger partial charge in [0.25, 0.3) is 0 Å². The van der Waals surface area contributed by atoms with E-state index in [0.717, 1.165) is 39.0 Å². The van der Waals surface area contributed by atoms with Gasteiger partial charge in [-0.2, -0.15) is 5.10 Å². The van der Waals surface area contributed by atoms with Gasteiger partial charge in [-0.25, -0.2) is 0 Å². The van der Waals surface area contributed by atoms with E-state index in [1.165, 1.54) is 5.56 Å². The molecule has 112 valence electrons. The Morgan fingerprint density at radius 2 is 2.20 bits per heavy atom. The SMILES string of the molecule is CCN(CC)C(=O)C1CC(c2cnn(CC)c2)CCN1. The summed E-state index contributed by atoms with van der Waals surface area (Å²) in [4.78, 5) is 14.4. The Hall–Kier alpha value is -1.36. The number of hydrogen-bond acceptors (Lipinski definition) is 3. The van der Waals surface area contributed by atoms with Crippen LogP contribution in [0.2, 0.25) is 0 Å². The van der Waals surface area contributed by atoms with Crippen LogP contribution in [0.5, 0.6) is 0 Å². The van der Waals surface area contributed by atoms with Crippen LogP contribution in [0, 0.1) is 0 Å². The van der Waals surface area contributed by atoms with Crippen molar-refractivity contribution in [3.63, 3.8) is 0 Å². The Balaban J connectivity index is 2.02. The molecule has 1 N–H and O–H groups in total. The van der Waals surface area contributed by atoms with E-state index in [1.54, 1.807) is 0 Å². The minimum Gasteiger partial charge on any atom is -0.342 e. The first-order chi connectivity index (χ1) is 9.69. The van der Waals surface area contributed by atoms with Crippen molar-refractivity contribution in [3.05, 3.63) is 18.0 Å². The number of nitrogens with zero attached hydrogens (tertiary/aromatic N) is 3. The molecule has 1 fully saturated rings. The molecule has 20 heavy (non-hydrogen) atoms. The zero-order valence-corrected chi connectivity index (χ0v) is 12.8. The third kappa shape index (κ3) is 3.20. The highest BCUT2D eigenvalue weighted by Gasteiger charge is 2.30. The second kappa shape index (κ2) is 6.88. The van der Waals surface area contributed by atoms with E-state index in [-0.39, 0.29) is 11.9 Å². The summed E-state index contributed by atoms with van der Waals surface area (Å²) in [7, 11) is 0. The lowest BCUT2D eigenvalue weighted by Gasteiger charge is -2.32. The van der Waals surface area contributed by atoms with E-state index in [0.29, 0.717) is 5.92 Å². The van der Waals surface area contributed by atoms with E-state index in [1.807, 2.05) is 29.6 Å². The van der Waals surface area contributed by atoms with Gasteiger partial charge in [0.2, 0.25) is 5.91 Å². The third-order valence-electron chi connectivity index (χ3n) is 4.23. The molecule has 5 nitrogen and oxygen atoms in total. The highest BCUT2D eigenvalue weighted by Crippen LogP contribution is 2.28. The van der Waals surface area contributed by atoms with Gasteiger partial charge in [0.1, 0.15) is 0 Å². The zero-order chi connectivity index (χ0) is 14.5. The minimum atomic E-state index is -0.0429. The zero-order valence-electron chi connectivity index (χ0n) is 12.8. The molecule has 1 aromatic rings. The fourth-order valence-corrected chi connectivity index (χ4v) is 2.93. The van der Waals surface area contributed by atoms with Crippen molar-refractivity contribution in [1.82, 2.24) is 20.0 Å². The molecule has 1 aliphatic rings. The fraction of sp³-hybridized carbons (Fsp3) is 0.733. The molecular weight excluding hydrogens is 252 g/mol. The number of carbonyl (C=O) groups is 1. The van der Waals surface area contributed by atoms with Crippen LogP contribution < -0.4 is 5.32 Å². The summed E-state index contributed by atoms with van der Waals surface area (Å²) in [5, 5.41) is 7.72. The van der Waals surface area contributed by atoms with E-state index < -0.39 is 0 Å². The smallest absolute Gasteiger partial charge is 0.239 e. The predicted octanol–water partition coefficient (Wildman–Crippen LogP) is 1.61. The summed E-state index contributed by atoms with van der Waals surface area (Å²) >= 11 is 0. The first kappa shape index (κ1) is 15.0. The number of piperidine rings is 1. The van der Waals surface area contributed by atoms with Crippen LogP contribution in [-0.4, -0.2) is 46.3 Å². The molecule has 0 radical (unpaired) electrons. The Bertz CT molecular complexity index is 439. The van der Waals surface area contributed by atoms with E-state index >= 15 is 0 Å². The number of likely N-dealkylation sites (N-methyl/N-ethyl adjacent to an activating group) is 1. The summed E-state index contributed by atoms with van der Waals surface area (Å²) in [6.07, 6.45) is 6.04. The molecule has 2 atom stereocenters. The van der Waals surface area contributed by atoms with Crippen LogP contribution >= 0.6 is 0 Å². The van der Waals surface area contributed by atoms with Gasteiger partial charge in [-0.15, -0.1) is 0 Å². The summed E-state index contributed by atoms with van der Waals surface area (Å²) in [5.41, 5.74) is 1.27. The van der Waals surface area contributed by atoms with Gasteiger partial charge >= 0.3 is 0 Å². The Kier molecular flexibility index (Phi) is 5.17. The molecule has 0 spiro atoms. The number of nitrogens with one attached hydrogen (secondary N) is 1. The van der Waals surface area contributed by atoms with Gasteiger partial charge in [-0.05, 0) is 51.6 Å². The van der Waals surface area contributed by atoms with Crippen molar-refractivity contribution in [2.75, 3.05) is 19.6 Å². The lowest BCUT2D eigenvalue weighted by atomic mass is 9.87. The molecule has 2 unspecified atom stereocenters. The number of amides is 1. The van der Waals surface area contributed by atoms with E-state index in [9.17, 15) is 4.79 Å². The molecular formula is C15H26N4O. The fourth-order valence-electron chi connectivity index (χ4n) is 2.93. The van der Waals surface area contributed by atoms with Gasteiger partial charge in [0.05, 0.1) is 12.2 Å². The van der Waals surface area contributed by atoms with Crippen LogP contribution in [0.25, 0.3) is 0 Å². The Labute approximate surface area is 121 Å². The second-order valence-electron chi connectivity index (χ2n) is 5.37. The average Bonchev–Trinajstić information content (AvgIpc) is 2.97.